The molecule has 0 saturated carbocycles. The van der Waals surface area contributed by atoms with E-state index in [1.807, 2.05) is 13.8 Å². The van der Waals surface area contributed by atoms with Crippen LogP contribution in [-0.2, 0) is 9.59 Å². The molecule has 5 heteroatoms. The van der Waals surface area contributed by atoms with Gasteiger partial charge in [-0.05, 0) is 12.3 Å². The van der Waals surface area contributed by atoms with E-state index in [0.717, 1.165) is 4.90 Å². The van der Waals surface area contributed by atoms with Crippen molar-refractivity contribution in [3.63, 3.8) is 0 Å². The minimum Gasteiger partial charge on any atom is -0.480 e. The van der Waals surface area contributed by atoms with Gasteiger partial charge in [0, 0.05) is 12.5 Å². The molecule has 5 nitrogen and oxygen atoms in total. The van der Waals surface area contributed by atoms with Crippen molar-refractivity contribution in [3.05, 3.63) is 35.9 Å². The summed E-state index contributed by atoms with van der Waals surface area (Å²) in [7, 11) is 0. The van der Waals surface area contributed by atoms with Crippen LogP contribution in [0.5, 0.6) is 0 Å². The van der Waals surface area contributed by atoms with E-state index in [1.165, 1.54) is 6.92 Å². The second-order valence-corrected chi connectivity index (χ2v) is 5.42. The van der Waals surface area contributed by atoms with Crippen LogP contribution >= 0.6 is 0 Å². The van der Waals surface area contributed by atoms with Gasteiger partial charge in [-0.25, -0.2) is 4.79 Å². The van der Waals surface area contributed by atoms with Crippen molar-refractivity contribution in [2.75, 3.05) is 6.54 Å². The average Bonchev–Trinajstić information content (AvgIpc) is 2.42. The fourth-order valence-corrected chi connectivity index (χ4v) is 2.12. The number of Topliss-reactive ketones (excluding diaryl/α,β-unsaturated/α-hetero) is 1. The standard InChI is InChI=1S/C16H21NO4/c1-11(2)9-14(16(20)21)17(12(3)18)10-15(19)13-7-5-4-6-8-13/h4-8,11,14H,9-10H2,1-3H3,(H,20,21). The first-order valence-electron chi connectivity index (χ1n) is 6.91. The Bertz CT molecular complexity index is 510. The molecule has 0 radical (unpaired) electrons. The Morgan fingerprint density at radius 3 is 2.14 bits per heavy atom. The molecule has 0 bridgehead atoms. The number of amides is 1. The Hall–Kier alpha value is -2.17. The largest absolute Gasteiger partial charge is 0.480 e. The van der Waals surface area contributed by atoms with Crippen molar-refractivity contribution < 1.29 is 19.5 Å². The molecule has 0 aliphatic heterocycles. The molecule has 21 heavy (non-hydrogen) atoms. The Morgan fingerprint density at radius 2 is 1.71 bits per heavy atom. The van der Waals surface area contributed by atoms with E-state index in [4.69, 9.17) is 0 Å². The maximum Gasteiger partial charge on any atom is 0.326 e. The highest BCUT2D eigenvalue weighted by atomic mass is 16.4. The lowest BCUT2D eigenvalue weighted by atomic mass is 10.0. The van der Waals surface area contributed by atoms with Gasteiger partial charge in [-0.2, -0.15) is 0 Å². The van der Waals surface area contributed by atoms with E-state index >= 15 is 0 Å². The molecular weight excluding hydrogens is 270 g/mol. The summed E-state index contributed by atoms with van der Waals surface area (Å²) in [4.78, 5) is 36.5. The highest BCUT2D eigenvalue weighted by molar-refractivity contribution is 5.99. The van der Waals surface area contributed by atoms with E-state index in [0.29, 0.717) is 12.0 Å². The van der Waals surface area contributed by atoms with Crippen LogP contribution < -0.4 is 0 Å². The first-order valence-corrected chi connectivity index (χ1v) is 6.91. The van der Waals surface area contributed by atoms with Gasteiger partial charge in [0.25, 0.3) is 0 Å². The molecule has 0 aromatic heterocycles. The lowest BCUT2D eigenvalue weighted by Crippen LogP contribution is -2.47. The molecule has 0 aliphatic carbocycles. The summed E-state index contributed by atoms with van der Waals surface area (Å²) in [6.07, 6.45) is 0.316. The molecule has 0 fully saturated rings. The molecule has 0 heterocycles. The summed E-state index contributed by atoms with van der Waals surface area (Å²) in [5.74, 6) is -1.65. The number of benzene rings is 1. The average molecular weight is 291 g/mol. The van der Waals surface area contributed by atoms with Crippen LogP contribution in [0.2, 0.25) is 0 Å². The van der Waals surface area contributed by atoms with Crippen LogP contribution in [0.25, 0.3) is 0 Å². The van der Waals surface area contributed by atoms with E-state index < -0.39 is 17.9 Å². The zero-order chi connectivity index (χ0) is 16.0. The molecule has 1 aromatic carbocycles. The van der Waals surface area contributed by atoms with Crippen LogP contribution in [0.3, 0.4) is 0 Å². The first kappa shape index (κ1) is 16.9. The zero-order valence-electron chi connectivity index (χ0n) is 12.6. The third-order valence-electron chi connectivity index (χ3n) is 3.17. The highest BCUT2D eigenvalue weighted by Gasteiger charge is 2.30. The number of hydrogen-bond acceptors (Lipinski definition) is 3. The number of carbonyl (C=O) groups is 3. The van der Waals surface area contributed by atoms with Crippen LogP contribution in [0.15, 0.2) is 30.3 Å². The van der Waals surface area contributed by atoms with Gasteiger partial charge in [-0.1, -0.05) is 44.2 Å². The van der Waals surface area contributed by atoms with Gasteiger partial charge in [0.15, 0.2) is 5.78 Å². The quantitative estimate of drug-likeness (QED) is 0.782. The molecule has 1 rings (SSSR count). The number of ketones is 1. The SMILES string of the molecule is CC(=O)N(CC(=O)c1ccccc1)C(CC(C)C)C(=O)O. The fraction of sp³-hybridized carbons (Fsp3) is 0.438. The summed E-state index contributed by atoms with van der Waals surface area (Å²) >= 11 is 0. The van der Waals surface area contributed by atoms with Gasteiger partial charge in [-0.15, -0.1) is 0 Å². The number of rotatable bonds is 7. The summed E-state index contributed by atoms with van der Waals surface area (Å²) in [5.41, 5.74) is 0.470. The van der Waals surface area contributed by atoms with Crippen LogP contribution in [-0.4, -0.2) is 40.3 Å². The summed E-state index contributed by atoms with van der Waals surface area (Å²) < 4.78 is 0. The predicted octanol–water partition coefficient (Wildman–Crippen LogP) is 2.22. The molecule has 1 N–H and O–H groups in total. The monoisotopic (exact) mass is 291 g/mol. The molecule has 0 aliphatic rings. The van der Waals surface area contributed by atoms with E-state index in [2.05, 4.69) is 0 Å². The topological polar surface area (TPSA) is 74.7 Å². The van der Waals surface area contributed by atoms with Crippen LogP contribution in [0.1, 0.15) is 37.6 Å². The van der Waals surface area contributed by atoms with Crippen molar-refractivity contribution in [3.8, 4) is 0 Å². The van der Waals surface area contributed by atoms with E-state index in [9.17, 15) is 19.5 Å². The van der Waals surface area contributed by atoms with Crippen LogP contribution in [0.4, 0.5) is 0 Å². The number of carboxylic acid groups (broad SMARTS) is 1. The molecule has 0 saturated heterocycles. The van der Waals surface area contributed by atoms with E-state index in [1.54, 1.807) is 30.3 Å². The number of hydrogen-bond donors (Lipinski definition) is 1. The van der Waals surface area contributed by atoms with Gasteiger partial charge in [-0.3, -0.25) is 9.59 Å². The molecular formula is C16H21NO4. The molecule has 1 unspecified atom stereocenters. The van der Waals surface area contributed by atoms with Gasteiger partial charge in [0.2, 0.25) is 5.91 Å². The smallest absolute Gasteiger partial charge is 0.326 e. The van der Waals surface area contributed by atoms with Gasteiger partial charge in [0.1, 0.15) is 6.04 Å². The number of nitrogens with zero attached hydrogens (tertiary/aromatic N) is 1. The van der Waals surface area contributed by atoms with Crippen molar-refractivity contribution in [1.82, 2.24) is 4.90 Å². The molecule has 1 atom stereocenters. The van der Waals surface area contributed by atoms with Crippen molar-refractivity contribution >= 4 is 17.7 Å². The Labute approximate surface area is 124 Å². The minimum absolute atomic E-state index is 0.111. The Kier molecular flexibility index (Phi) is 6.09. The first-order chi connectivity index (χ1) is 9.82. The maximum atomic E-state index is 12.2. The second kappa shape index (κ2) is 7.57. The number of carboxylic acids is 1. The lowest BCUT2D eigenvalue weighted by molar-refractivity contribution is -0.149. The van der Waals surface area contributed by atoms with Crippen molar-refractivity contribution in [1.29, 1.82) is 0 Å². The lowest BCUT2D eigenvalue weighted by Gasteiger charge is -2.28. The number of carbonyl (C=O) groups excluding carboxylic acids is 2. The van der Waals surface area contributed by atoms with Crippen LogP contribution in [0, 0.1) is 5.92 Å². The molecule has 1 amide bonds. The highest BCUT2D eigenvalue weighted by Crippen LogP contribution is 2.14. The van der Waals surface area contributed by atoms with Crippen molar-refractivity contribution in [2.45, 2.75) is 33.2 Å². The normalized spacial score (nSPS) is 12.0. The summed E-state index contributed by atoms with van der Waals surface area (Å²) in [6, 6.07) is 7.58. The van der Waals surface area contributed by atoms with Gasteiger partial charge in [0.05, 0.1) is 6.54 Å². The molecule has 0 spiro atoms. The summed E-state index contributed by atoms with van der Waals surface area (Å²) in [6.45, 7) is 4.83. The maximum absolute atomic E-state index is 12.2. The predicted molar refractivity (Wildman–Crippen MR) is 79.0 cm³/mol. The third kappa shape index (κ3) is 5.02. The minimum atomic E-state index is -1.08. The zero-order valence-corrected chi connectivity index (χ0v) is 12.6. The van der Waals surface area contributed by atoms with Gasteiger partial charge >= 0.3 is 5.97 Å². The Balaban J connectivity index is 2.93. The Morgan fingerprint density at radius 1 is 1.14 bits per heavy atom. The summed E-state index contributed by atoms with van der Waals surface area (Å²) in [5, 5.41) is 9.32. The van der Waals surface area contributed by atoms with Gasteiger partial charge < -0.3 is 10.0 Å². The van der Waals surface area contributed by atoms with E-state index in [-0.39, 0.29) is 18.2 Å². The second-order valence-electron chi connectivity index (χ2n) is 5.42. The third-order valence-corrected chi connectivity index (χ3v) is 3.17. The van der Waals surface area contributed by atoms with Crippen molar-refractivity contribution in [2.24, 2.45) is 5.92 Å². The molecule has 1 aromatic rings. The molecule has 114 valence electrons. The fourth-order valence-electron chi connectivity index (χ4n) is 2.12. The number of aliphatic carboxylic acids is 1.